The summed E-state index contributed by atoms with van der Waals surface area (Å²) in [7, 11) is 0. The lowest BCUT2D eigenvalue weighted by atomic mass is 10.1. The molecule has 21 heavy (non-hydrogen) atoms. The van der Waals surface area contributed by atoms with Crippen molar-refractivity contribution in [3.63, 3.8) is 0 Å². The van der Waals surface area contributed by atoms with Crippen LogP contribution in [0.15, 0.2) is 16.7 Å². The monoisotopic (exact) mass is 317 g/mol. The van der Waals surface area contributed by atoms with Gasteiger partial charge in [-0.3, -0.25) is 10.1 Å². The number of benzene rings is 1. The van der Waals surface area contributed by atoms with Crippen molar-refractivity contribution in [2.75, 3.05) is 0 Å². The van der Waals surface area contributed by atoms with Gasteiger partial charge in [0.15, 0.2) is 17.5 Å². The fraction of sp³-hybridized carbons (Fsp3) is 0.333. The molecule has 0 saturated heterocycles. The van der Waals surface area contributed by atoms with Crippen LogP contribution in [0.1, 0.15) is 31.0 Å². The van der Waals surface area contributed by atoms with Crippen LogP contribution in [0.25, 0.3) is 11.5 Å². The van der Waals surface area contributed by atoms with E-state index >= 15 is 0 Å². The van der Waals surface area contributed by atoms with Gasteiger partial charge in [-0.2, -0.15) is 4.98 Å². The van der Waals surface area contributed by atoms with Gasteiger partial charge in [0.25, 0.3) is 11.6 Å². The second-order valence-corrected chi connectivity index (χ2v) is 4.78. The van der Waals surface area contributed by atoms with Crippen molar-refractivity contribution in [1.29, 1.82) is 0 Å². The van der Waals surface area contributed by atoms with Crippen LogP contribution in [0.3, 0.4) is 0 Å². The number of rotatable bonds is 5. The van der Waals surface area contributed by atoms with Gasteiger partial charge in [-0.05, 0) is 12.5 Å². The Balaban J connectivity index is 2.47. The third kappa shape index (κ3) is 3.15. The van der Waals surface area contributed by atoms with Gasteiger partial charge in [-0.15, -0.1) is 11.6 Å². The maximum absolute atomic E-state index is 13.3. The predicted molar refractivity (Wildman–Crippen MR) is 69.8 cm³/mol. The highest BCUT2D eigenvalue weighted by Gasteiger charge is 2.25. The summed E-state index contributed by atoms with van der Waals surface area (Å²) in [5, 5.41) is 14.0. The summed E-state index contributed by atoms with van der Waals surface area (Å²) in [5.41, 5.74) is -0.955. The maximum Gasteiger partial charge on any atom is 0.285 e. The summed E-state index contributed by atoms with van der Waals surface area (Å²) < 4.78 is 31.2. The molecule has 1 aromatic heterocycles. The number of hydrogen-bond donors (Lipinski definition) is 0. The summed E-state index contributed by atoms with van der Waals surface area (Å²) in [5.74, 6) is -2.71. The zero-order chi connectivity index (χ0) is 15.6. The molecule has 2 rings (SSSR count). The summed E-state index contributed by atoms with van der Waals surface area (Å²) in [6.45, 7) is 1.91. The van der Waals surface area contributed by atoms with Crippen LogP contribution in [0.5, 0.6) is 0 Å². The molecule has 0 amide bonds. The molecule has 2 aromatic rings. The van der Waals surface area contributed by atoms with Gasteiger partial charge in [0.05, 0.1) is 16.4 Å². The lowest BCUT2D eigenvalue weighted by Crippen LogP contribution is -1.97. The number of aromatic nitrogens is 2. The first-order valence-electron chi connectivity index (χ1n) is 6.05. The first-order chi connectivity index (χ1) is 9.93. The largest absolute Gasteiger partial charge is 0.334 e. The van der Waals surface area contributed by atoms with E-state index in [0.29, 0.717) is 18.6 Å². The van der Waals surface area contributed by atoms with Crippen molar-refractivity contribution in [1.82, 2.24) is 10.1 Å². The number of nitro benzene ring substituents is 1. The van der Waals surface area contributed by atoms with Gasteiger partial charge in [0.1, 0.15) is 5.56 Å². The standard InChI is InChI=1S/C12H10ClF2N3O3/c1-2-3-7(13)11-16-12(21-17-11)6-4-8(14)9(15)5-10(6)18(19)20/h4-5,7H,2-3H2,1H3. The second-order valence-electron chi connectivity index (χ2n) is 4.25. The SMILES string of the molecule is CCCC(Cl)c1noc(-c2cc(F)c(F)cc2[N+](=O)[O-])n1. The van der Waals surface area contributed by atoms with Gasteiger partial charge in [0, 0.05) is 0 Å². The highest BCUT2D eigenvalue weighted by atomic mass is 35.5. The Morgan fingerprint density at radius 2 is 2.10 bits per heavy atom. The van der Waals surface area contributed by atoms with E-state index in [1.54, 1.807) is 0 Å². The maximum atomic E-state index is 13.3. The smallest absolute Gasteiger partial charge is 0.285 e. The molecule has 9 heteroatoms. The van der Waals surface area contributed by atoms with E-state index < -0.39 is 27.6 Å². The van der Waals surface area contributed by atoms with Crippen molar-refractivity contribution in [3.05, 3.63) is 39.7 Å². The Bertz CT molecular complexity index is 678. The molecule has 0 N–H and O–H groups in total. The summed E-state index contributed by atoms with van der Waals surface area (Å²) >= 11 is 6.01. The van der Waals surface area contributed by atoms with Crippen molar-refractivity contribution >= 4 is 17.3 Å². The molecule has 0 aliphatic heterocycles. The normalized spacial score (nSPS) is 12.4. The molecule has 1 atom stereocenters. The van der Waals surface area contributed by atoms with Crippen molar-refractivity contribution in [2.24, 2.45) is 0 Å². The molecule has 1 heterocycles. The van der Waals surface area contributed by atoms with Gasteiger partial charge in [-0.1, -0.05) is 18.5 Å². The lowest BCUT2D eigenvalue weighted by Gasteiger charge is -2.00. The molecule has 112 valence electrons. The lowest BCUT2D eigenvalue weighted by molar-refractivity contribution is -0.384. The quantitative estimate of drug-likeness (QED) is 0.473. The zero-order valence-corrected chi connectivity index (χ0v) is 11.6. The molecule has 0 fully saturated rings. The molecule has 0 bridgehead atoms. The van der Waals surface area contributed by atoms with Gasteiger partial charge < -0.3 is 4.52 Å². The van der Waals surface area contributed by atoms with E-state index in [0.717, 1.165) is 6.42 Å². The molecular weight excluding hydrogens is 308 g/mol. The Morgan fingerprint density at radius 3 is 2.71 bits per heavy atom. The van der Waals surface area contributed by atoms with Crippen molar-refractivity contribution < 1.29 is 18.2 Å². The molecule has 0 saturated carbocycles. The van der Waals surface area contributed by atoms with Crippen LogP contribution in [0.2, 0.25) is 0 Å². The highest BCUT2D eigenvalue weighted by molar-refractivity contribution is 6.20. The van der Waals surface area contributed by atoms with Crippen molar-refractivity contribution in [3.8, 4) is 11.5 Å². The molecule has 1 aromatic carbocycles. The number of halogens is 3. The Hall–Kier alpha value is -2.09. The highest BCUT2D eigenvalue weighted by Crippen LogP contribution is 2.32. The third-order valence-corrected chi connectivity index (χ3v) is 3.14. The van der Waals surface area contributed by atoms with E-state index in [1.807, 2.05) is 6.92 Å². The summed E-state index contributed by atoms with van der Waals surface area (Å²) in [4.78, 5) is 14.0. The van der Waals surface area contributed by atoms with Crippen LogP contribution in [0.4, 0.5) is 14.5 Å². The topological polar surface area (TPSA) is 82.1 Å². The van der Waals surface area contributed by atoms with E-state index in [4.69, 9.17) is 16.1 Å². The second kappa shape index (κ2) is 6.13. The zero-order valence-electron chi connectivity index (χ0n) is 10.8. The Kier molecular flexibility index (Phi) is 4.46. The van der Waals surface area contributed by atoms with Gasteiger partial charge in [0.2, 0.25) is 0 Å². The average molecular weight is 318 g/mol. The van der Waals surface area contributed by atoms with Crippen LogP contribution < -0.4 is 0 Å². The minimum Gasteiger partial charge on any atom is -0.334 e. The molecule has 1 unspecified atom stereocenters. The van der Waals surface area contributed by atoms with E-state index in [1.165, 1.54) is 0 Å². The number of nitro groups is 1. The molecule has 0 aliphatic rings. The minimum absolute atomic E-state index is 0.146. The minimum atomic E-state index is -1.33. The summed E-state index contributed by atoms with van der Waals surface area (Å²) in [6.07, 6.45) is 1.36. The Labute approximate surface area is 122 Å². The van der Waals surface area contributed by atoms with Crippen molar-refractivity contribution in [2.45, 2.75) is 25.1 Å². The van der Waals surface area contributed by atoms with Gasteiger partial charge in [-0.25, -0.2) is 8.78 Å². The van der Waals surface area contributed by atoms with Gasteiger partial charge >= 0.3 is 0 Å². The molecule has 0 radical (unpaired) electrons. The number of alkyl halides is 1. The number of nitrogens with zero attached hydrogens (tertiary/aromatic N) is 3. The third-order valence-electron chi connectivity index (χ3n) is 2.73. The molecule has 0 spiro atoms. The molecule has 6 nitrogen and oxygen atoms in total. The van der Waals surface area contributed by atoms with E-state index in [2.05, 4.69) is 10.1 Å². The molecular formula is C12H10ClF2N3O3. The summed E-state index contributed by atoms with van der Waals surface area (Å²) in [6, 6.07) is 1.12. The van der Waals surface area contributed by atoms with E-state index in [9.17, 15) is 18.9 Å². The fourth-order valence-corrected chi connectivity index (χ4v) is 2.02. The van der Waals surface area contributed by atoms with E-state index in [-0.39, 0.29) is 17.3 Å². The fourth-order valence-electron chi connectivity index (χ4n) is 1.71. The van der Waals surface area contributed by atoms with Crippen LogP contribution in [-0.2, 0) is 0 Å². The molecule has 0 aliphatic carbocycles. The average Bonchev–Trinajstić information content (AvgIpc) is 2.91. The first kappa shape index (κ1) is 15.3. The predicted octanol–water partition coefficient (Wildman–Crippen LogP) is 4.00. The van der Waals surface area contributed by atoms with Crippen LogP contribution in [-0.4, -0.2) is 15.1 Å². The number of hydrogen-bond acceptors (Lipinski definition) is 5. The first-order valence-corrected chi connectivity index (χ1v) is 6.49. The van der Waals surface area contributed by atoms with Crippen LogP contribution in [0, 0.1) is 21.7 Å². The van der Waals surface area contributed by atoms with Crippen LogP contribution >= 0.6 is 11.6 Å². The Morgan fingerprint density at radius 1 is 1.43 bits per heavy atom.